The van der Waals surface area contributed by atoms with Crippen LogP contribution in [-0.4, -0.2) is 50.9 Å². The average molecular weight is 323 g/mol. The van der Waals surface area contributed by atoms with Gasteiger partial charge < -0.3 is 10.2 Å². The number of fused-ring (bicyclic) bond motifs is 1. The average Bonchev–Trinajstić information content (AvgIpc) is 2.90. The monoisotopic (exact) mass is 323 g/mol. The van der Waals surface area contributed by atoms with Gasteiger partial charge in [0.25, 0.3) is 0 Å². The van der Waals surface area contributed by atoms with Crippen molar-refractivity contribution in [2.24, 2.45) is 0 Å². The molecule has 1 N–H and O–H groups in total. The Morgan fingerprint density at radius 2 is 2.09 bits per heavy atom. The summed E-state index contributed by atoms with van der Waals surface area (Å²) in [5.41, 5.74) is 1.76. The van der Waals surface area contributed by atoms with Crippen molar-refractivity contribution in [3.8, 4) is 0 Å². The van der Waals surface area contributed by atoms with Crippen molar-refractivity contribution in [1.29, 1.82) is 0 Å². The molecule has 1 unspecified atom stereocenters. The highest BCUT2D eigenvalue weighted by molar-refractivity contribution is 7.89. The Morgan fingerprint density at radius 1 is 1.32 bits per heavy atom. The van der Waals surface area contributed by atoms with Gasteiger partial charge in [-0.3, -0.25) is 4.79 Å². The van der Waals surface area contributed by atoms with Gasteiger partial charge in [-0.2, -0.15) is 4.31 Å². The van der Waals surface area contributed by atoms with E-state index in [9.17, 15) is 13.2 Å². The largest absolute Gasteiger partial charge is 0.314 e. The van der Waals surface area contributed by atoms with Gasteiger partial charge in [0.15, 0.2) is 0 Å². The normalized spacial score (nSPS) is 22.6. The molecule has 1 fully saturated rings. The number of amides is 1. The Bertz CT molecular complexity index is 702. The predicted molar refractivity (Wildman–Crippen MR) is 84.4 cm³/mol. The predicted octanol–water partition coefficient (Wildman–Crippen LogP) is 0.578. The Morgan fingerprint density at radius 3 is 2.77 bits per heavy atom. The van der Waals surface area contributed by atoms with E-state index >= 15 is 0 Å². The molecule has 2 aliphatic rings. The number of hydrogen-bond acceptors (Lipinski definition) is 4. The minimum atomic E-state index is -3.48. The maximum Gasteiger partial charge on any atom is 0.243 e. The summed E-state index contributed by atoms with van der Waals surface area (Å²) in [6, 6.07) is 5.04. The summed E-state index contributed by atoms with van der Waals surface area (Å²) < 4.78 is 27.2. The van der Waals surface area contributed by atoms with Gasteiger partial charge in [-0.05, 0) is 37.1 Å². The van der Waals surface area contributed by atoms with Gasteiger partial charge in [0.05, 0.1) is 4.90 Å². The third-order valence-corrected chi connectivity index (χ3v) is 6.38. The molecule has 0 spiro atoms. The lowest BCUT2D eigenvalue weighted by Crippen LogP contribution is -2.52. The Labute approximate surface area is 131 Å². The van der Waals surface area contributed by atoms with Crippen molar-refractivity contribution < 1.29 is 13.2 Å². The van der Waals surface area contributed by atoms with Crippen LogP contribution in [-0.2, 0) is 21.2 Å². The number of hydrogen-bond donors (Lipinski definition) is 1. The number of nitrogens with one attached hydrogen (secondary N) is 1. The zero-order valence-electron chi connectivity index (χ0n) is 12.9. The summed E-state index contributed by atoms with van der Waals surface area (Å²) in [6.45, 7) is 5.89. The Hall–Kier alpha value is -1.44. The summed E-state index contributed by atoms with van der Waals surface area (Å²) in [5, 5.41) is 3.20. The molecule has 1 saturated heterocycles. The zero-order chi connectivity index (χ0) is 15.9. The van der Waals surface area contributed by atoms with Gasteiger partial charge in [-0.15, -0.1) is 0 Å². The smallest absolute Gasteiger partial charge is 0.243 e. The molecule has 7 heteroatoms. The van der Waals surface area contributed by atoms with Crippen molar-refractivity contribution in [1.82, 2.24) is 9.62 Å². The summed E-state index contributed by atoms with van der Waals surface area (Å²) in [4.78, 5) is 13.6. The molecule has 3 rings (SSSR count). The number of nitrogens with zero attached hydrogens (tertiary/aromatic N) is 2. The van der Waals surface area contributed by atoms with E-state index in [1.807, 2.05) is 6.92 Å². The van der Waals surface area contributed by atoms with Crippen molar-refractivity contribution in [3.63, 3.8) is 0 Å². The van der Waals surface area contributed by atoms with Crippen LogP contribution < -0.4 is 10.2 Å². The first-order valence-electron chi connectivity index (χ1n) is 7.55. The standard InChI is InChI=1S/C15H21N3O3S/c1-11-10-16-6-8-18(11)22(20,21)14-3-4-15-13(9-14)5-7-17(15)12(2)19/h3-4,9,11,16H,5-8,10H2,1-2H3. The van der Waals surface area contributed by atoms with Crippen LogP contribution in [0.1, 0.15) is 19.4 Å². The van der Waals surface area contributed by atoms with Crippen LogP contribution in [0.15, 0.2) is 23.1 Å². The van der Waals surface area contributed by atoms with Gasteiger partial charge in [-0.1, -0.05) is 0 Å². The number of carbonyl (C=O) groups is 1. The molecular formula is C15H21N3O3S. The molecule has 1 amide bonds. The van der Waals surface area contributed by atoms with Crippen molar-refractivity contribution in [2.75, 3.05) is 31.1 Å². The lowest BCUT2D eigenvalue weighted by atomic mass is 10.2. The molecule has 6 nitrogen and oxygen atoms in total. The number of carbonyl (C=O) groups excluding carboxylic acids is 1. The third-order valence-electron chi connectivity index (χ3n) is 4.37. The van der Waals surface area contributed by atoms with Gasteiger partial charge in [-0.25, -0.2) is 8.42 Å². The van der Waals surface area contributed by atoms with E-state index in [1.54, 1.807) is 27.4 Å². The third kappa shape index (κ3) is 2.53. The molecule has 0 saturated carbocycles. The minimum absolute atomic E-state index is 0.00918. The quantitative estimate of drug-likeness (QED) is 0.864. The molecule has 0 aromatic heterocycles. The summed E-state index contributed by atoms with van der Waals surface area (Å²) in [7, 11) is -3.48. The van der Waals surface area contributed by atoms with E-state index in [1.165, 1.54) is 6.92 Å². The molecule has 1 atom stereocenters. The van der Waals surface area contributed by atoms with Crippen LogP contribution in [0.4, 0.5) is 5.69 Å². The molecule has 2 aliphatic heterocycles. The molecule has 0 radical (unpaired) electrons. The van der Waals surface area contributed by atoms with Gasteiger partial charge in [0.1, 0.15) is 0 Å². The van der Waals surface area contributed by atoms with Crippen molar-refractivity contribution >= 4 is 21.6 Å². The molecule has 1 aromatic rings. The number of anilines is 1. The fourth-order valence-electron chi connectivity index (χ4n) is 3.18. The summed E-state index contributed by atoms with van der Waals surface area (Å²) >= 11 is 0. The van der Waals surface area contributed by atoms with E-state index in [0.29, 0.717) is 37.5 Å². The van der Waals surface area contributed by atoms with E-state index in [2.05, 4.69) is 5.32 Å². The highest BCUT2D eigenvalue weighted by Crippen LogP contribution is 2.31. The van der Waals surface area contributed by atoms with Crippen LogP contribution in [0.2, 0.25) is 0 Å². The van der Waals surface area contributed by atoms with E-state index in [4.69, 9.17) is 0 Å². The number of piperazine rings is 1. The first-order chi connectivity index (χ1) is 10.4. The van der Waals surface area contributed by atoms with E-state index in [-0.39, 0.29) is 11.9 Å². The SMILES string of the molecule is CC(=O)N1CCc2cc(S(=O)(=O)N3CCNCC3C)ccc21. The highest BCUT2D eigenvalue weighted by Gasteiger charge is 2.32. The highest BCUT2D eigenvalue weighted by atomic mass is 32.2. The van der Waals surface area contributed by atoms with Crippen LogP contribution >= 0.6 is 0 Å². The van der Waals surface area contributed by atoms with Gasteiger partial charge >= 0.3 is 0 Å². The van der Waals surface area contributed by atoms with Crippen LogP contribution in [0.25, 0.3) is 0 Å². The topological polar surface area (TPSA) is 69.7 Å². The van der Waals surface area contributed by atoms with E-state index in [0.717, 1.165) is 11.3 Å². The van der Waals surface area contributed by atoms with Crippen molar-refractivity contribution in [2.45, 2.75) is 31.2 Å². The van der Waals surface area contributed by atoms with Crippen LogP contribution in [0, 0.1) is 0 Å². The maximum absolute atomic E-state index is 12.8. The Kier molecular flexibility index (Phi) is 3.96. The fourth-order valence-corrected chi connectivity index (χ4v) is 4.86. The summed E-state index contributed by atoms with van der Waals surface area (Å²) in [5.74, 6) is -0.00918. The molecule has 2 heterocycles. The second-order valence-electron chi connectivity index (χ2n) is 5.88. The number of benzene rings is 1. The summed E-state index contributed by atoms with van der Waals surface area (Å²) in [6.07, 6.45) is 0.704. The van der Waals surface area contributed by atoms with Crippen LogP contribution in [0.3, 0.4) is 0 Å². The molecular weight excluding hydrogens is 302 g/mol. The second kappa shape index (κ2) is 5.64. The van der Waals surface area contributed by atoms with Crippen molar-refractivity contribution in [3.05, 3.63) is 23.8 Å². The molecule has 1 aromatic carbocycles. The molecule has 0 bridgehead atoms. The first-order valence-corrected chi connectivity index (χ1v) is 8.99. The first kappa shape index (κ1) is 15.5. The fraction of sp³-hybridized carbons (Fsp3) is 0.533. The minimum Gasteiger partial charge on any atom is -0.314 e. The second-order valence-corrected chi connectivity index (χ2v) is 7.77. The Balaban J connectivity index is 1.94. The number of rotatable bonds is 2. The van der Waals surface area contributed by atoms with Gasteiger partial charge in [0, 0.05) is 44.8 Å². The lowest BCUT2D eigenvalue weighted by Gasteiger charge is -2.33. The maximum atomic E-state index is 12.8. The van der Waals surface area contributed by atoms with Crippen LogP contribution in [0.5, 0.6) is 0 Å². The number of sulfonamides is 1. The molecule has 0 aliphatic carbocycles. The van der Waals surface area contributed by atoms with Gasteiger partial charge in [0.2, 0.25) is 15.9 Å². The van der Waals surface area contributed by atoms with E-state index < -0.39 is 10.0 Å². The molecule has 120 valence electrons. The zero-order valence-corrected chi connectivity index (χ0v) is 13.7. The lowest BCUT2D eigenvalue weighted by molar-refractivity contribution is -0.116. The molecule has 22 heavy (non-hydrogen) atoms.